The number of nitrogens with zero attached hydrogens (tertiary/aromatic N) is 1. The summed E-state index contributed by atoms with van der Waals surface area (Å²) in [4.78, 5) is 40.3. The molecule has 0 saturated heterocycles. The molecular formula is C22H20N4O4. The van der Waals surface area contributed by atoms with Gasteiger partial charge in [0.15, 0.2) is 6.61 Å². The molecule has 0 radical (unpaired) electrons. The first-order chi connectivity index (χ1) is 14.5. The molecule has 2 aromatic carbocycles. The van der Waals surface area contributed by atoms with Gasteiger partial charge >= 0.3 is 0 Å². The lowest BCUT2D eigenvalue weighted by Crippen LogP contribution is -2.43. The number of carbonyl (C=O) groups is 3. The fraction of sp³-hybridized carbons (Fsp3) is 0.0909. The number of carbonyl (C=O) groups excluding carboxylic acids is 3. The number of ether oxygens (including phenoxy) is 1. The Hall–Kier alpha value is -4.20. The molecule has 30 heavy (non-hydrogen) atoms. The highest BCUT2D eigenvalue weighted by molar-refractivity contribution is 6.05. The molecule has 0 aliphatic carbocycles. The van der Waals surface area contributed by atoms with Crippen LogP contribution in [0.4, 0.5) is 5.69 Å². The van der Waals surface area contributed by atoms with Gasteiger partial charge in [-0.3, -0.25) is 30.2 Å². The van der Waals surface area contributed by atoms with Gasteiger partial charge in [-0.1, -0.05) is 18.2 Å². The van der Waals surface area contributed by atoms with E-state index < -0.39 is 11.8 Å². The van der Waals surface area contributed by atoms with Crippen molar-refractivity contribution in [2.75, 3.05) is 11.9 Å². The molecule has 0 unspecified atom stereocenters. The van der Waals surface area contributed by atoms with Crippen LogP contribution in [0.5, 0.6) is 5.75 Å². The molecule has 3 aromatic rings. The van der Waals surface area contributed by atoms with Gasteiger partial charge in [0.05, 0.1) is 5.56 Å². The van der Waals surface area contributed by atoms with Gasteiger partial charge in [0.1, 0.15) is 5.75 Å². The van der Waals surface area contributed by atoms with Crippen molar-refractivity contribution in [2.45, 2.75) is 6.92 Å². The Kier molecular flexibility index (Phi) is 6.73. The minimum Gasteiger partial charge on any atom is -0.484 e. The largest absolute Gasteiger partial charge is 0.484 e. The van der Waals surface area contributed by atoms with E-state index in [1.54, 1.807) is 48.7 Å². The SMILES string of the molecule is Cc1cccc(OCC(=O)NNC(=O)c2cccc(NC(=O)c3cccnc3)c2)c1. The smallest absolute Gasteiger partial charge is 0.276 e. The number of nitrogens with one attached hydrogen (secondary N) is 3. The van der Waals surface area contributed by atoms with Gasteiger partial charge in [0.25, 0.3) is 17.7 Å². The van der Waals surface area contributed by atoms with Crippen molar-refractivity contribution in [2.24, 2.45) is 0 Å². The fourth-order valence-electron chi connectivity index (χ4n) is 2.53. The average Bonchev–Trinajstić information content (AvgIpc) is 2.77. The van der Waals surface area contributed by atoms with Gasteiger partial charge < -0.3 is 10.1 Å². The molecule has 3 rings (SSSR count). The number of hydrogen-bond donors (Lipinski definition) is 3. The highest BCUT2D eigenvalue weighted by Crippen LogP contribution is 2.13. The Morgan fingerprint density at radius 1 is 0.900 bits per heavy atom. The monoisotopic (exact) mass is 404 g/mol. The van der Waals surface area contributed by atoms with E-state index in [0.717, 1.165) is 5.56 Å². The van der Waals surface area contributed by atoms with Crippen molar-refractivity contribution in [3.05, 3.63) is 89.7 Å². The van der Waals surface area contributed by atoms with E-state index in [-0.39, 0.29) is 18.1 Å². The lowest BCUT2D eigenvalue weighted by Gasteiger charge is -2.10. The molecule has 3 N–H and O–H groups in total. The van der Waals surface area contributed by atoms with Crippen LogP contribution in [0.25, 0.3) is 0 Å². The van der Waals surface area contributed by atoms with E-state index in [4.69, 9.17) is 4.74 Å². The number of aryl methyl sites for hydroxylation is 1. The van der Waals surface area contributed by atoms with Crippen LogP contribution in [-0.4, -0.2) is 29.3 Å². The molecular weight excluding hydrogens is 384 g/mol. The second-order valence-electron chi connectivity index (χ2n) is 6.38. The fourth-order valence-corrected chi connectivity index (χ4v) is 2.53. The van der Waals surface area contributed by atoms with Gasteiger partial charge in [-0.25, -0.2) is 0 Å². The van der Waals surface area contributed by atoms with Crippen molar-refractivity contribution in [3.63, 3.8) is 0 Å². The van der Waals surface area contributed by atoms with E-state index in [9.17, 15) is 14.4 Å². The summed E-state index contributed by atoms with van der Waals surface area (Å²) in [5.74, 6) is -0.821. The molecule has 8 heteroatoms. The highest BCUT2D eigenvalue weighted by atomic mass is 16.5. The van der Waals surface area contributed by atoms with E-state index in [0.29, 0.717) is 17.0 Å². The maximum Gasteiger partial charge on any atom is 0.276 e. The lowest BCUT2D eigenvalue weighted by atomic mass is 10.2. The van der Waals surface area contributed by atoms with E-state index in [1.807, 2.05) is 19.1 Å². The standard InChI is InChI=1S/C22H20N4O4/c1-15-5-2-9-19(11-15)30-14-20(27)25-26-22(29)16-6-3-8-18(12-16)24-21(28)17-7-4-10-23-13-17/h2-13H,14H2,1H3,(H,24,28)(H,25,27)(H,26,29). The zero-order valence-electron chi connectivity index (χ0n) is 16.2. The van der Waals surface area contributed by atoms with Crippen LogP contribution in [0.2, 0.25) is 0 Å². The van der Waals surface area contributed by atoms with Crippen LogP contribution in [0.3, 0.4) is 0 Å². The summed E-state index contributed by atoms with van der Waals surface area (Å²) >= 11 is 0. The summed E-state index contributed by atoms with van der Waals surface area (Å²) in [6, 6.07) is 16.9. The molecule has 3 amide bonds. The highest BCUT2D eigenvalue weighted by Gasteiger charge is 2.11. The van der Waals surface area contributed by atoms with E-state index >= 15 is 0 Å². The first-order valence-corrected chi connectivity index (χ1v) is 9.11. The van der Waals surface area contributed by atoms with Crippen molar-refractivity contribution in [3.8, 4) is 5.75 Å². The van der Waals surface area contributed by atoms with Crippen LogP contribution >= 0.6 is 0 Å². The molecule has 0 bridgehead atoms. The zero-order valence-corrected chi connectivity index (χ0v) is 16.2. The second kappa shape index (κ2) is 9.83. The number of hydrazine groups is 1. The van der Waals surface area contributed by atoms with Crippen molar-refractivity contribution < 1.29 is 19.1 Å². The summed E-state index contributed by atoms with van der Waals surface area (Å²) in [6.45, 7) is 1.67. The molecule has 0 aliphatic heterocycles. The Bertz CT molecular complexity index is 1050. The maximum absolute atomic E-state index is 12.3. The molecule has 0 spiro atoms. The molecule has 0 fully saturated rings. The van der Waals surface area contributed by atoms with Gasteiger partial charge in [0, 0.05) is 23.6 Å². The summed E-state index contributed by atoms with van der Waals surface area (Å²) in [7, 11) is 0. The molecule has 152 valence electrons. The Labute approximate surface area is 173 Å². The minimum absolute atomic E-state index is 0.245. The molecule has 0 saturated carbocycles. The molecule has 0 aliphatic rings. The van der Waals surface area contributed by atoms with Crippen LogP contribution in [-0.2, 0) is 4.79 Å². The number of aromatic nitrogens is 1. The Balaban J connectivity index is 1.51. The molecule has 8 nitrogen and oxygen atoms in total. The number of anilines is 1. The topological polar surface area (TPSA) is 109 Å². The third kappa shape index (κ3) is 5.90. The zero-order chi connectivity index (χ0) is 21.3. The number of pyridine rings is 1. The third-order valence-corrected chi connectivity index (χ3v) is 3.98. The van der Waals surface area contributed by atoms with Crippen molar-refractivity contribution in [1.82, 2.24) is 15.8 Å². The predicted molar refractivity (Wildman–Crippen MR) is 111 cm³/mol. The Morgan fingerprint density at radius 3 is 2.47 bits per heavy atom. The lowest BCUT2D eigenvalue weighted by molar-refractivity contribution is -0.123. The van der Waals surface area contributed by atoms with Crippen LogP contribution in [0, 0.1) is 6.92 Å². The summed E-state index contributed by atoms with van der Waals surface area (Å²) < 4.78 is 5.38. The normalized spacial score (nSPS) is 10.0. The van der Waals surface area contributed by atoms with Crippen molar-refractivity contribution >= 4 is 23.4 Å². The predicted octanol–water partition coefficient (Wildman–Crippen LogP) is 2.48. The van der Waals surface area contributed by atoms with Crippen LogP contribution < -0.4 is 20.9 Å². The van der Waals surface area contributed by atoms with Gasteiger partial charge in [0.2, 0.25) is 0 Å². The van der Waals surface area contributed by atoms with Gasteiger partial charge in [-0.05, 0) is 55.0 Å². The summed E-state index contributed by atoms with van der Waals surface area (Å²) in [5, 5.41) is 2.70. The third-order valence-electron chi connectivity index (χ3n) is 3.98. The van der Waals surface area contributed by atoms with Crippen LogP contribution in [0.1, 0.15) is 26.3 Å². The first-order valence-electron chi connectivity index (χ1n) is 9.11. The summed E-state index contributed by atoms with van der Waals surface area (Å²) in [5.41, 5.74) is 6.72. The quantitative estimate of drug-likeness (QED) is 0.547. The molecule has 1 aromatic heterocycles. The first kappa shape index (κ1) is 20.5. The average molecular weight is 404 g/mol. The minimum atomic E-state index is -0.531. The maximum atomic E-state index is 12.3. The Morgan fingerprint density at radius 2 is 1.70 bits per heavy atom. The number of rotatable bonds is 6. The number of benzene rings is 2. The van der Waals surface area contributed by atoms with E-state index in [2.05, 4.69) is 21.2 Å². The van der Waals surface area contributed by atoms with Crippen LogP contribution in [0.15, 0.2) is 73.1 Å². The number of hydrogen-bond acceptors (Lipinski definition) is 5. The molecule has 0 atom stereocenters. The molecule has 1 heterocycles. The second-order valence-corrected chi connectivity index (χ2v) is 6.38. The van der Waals surface area contributed by atoms with Gasteiger partial charge in [-0.15, -0.1) is 0 Å². The van der Waals surface area contributed by atoms with Gasteiger partial charge in [-0.2, -0.15) is 0 Å². The summed E-state index contributed by atoms with van der Waals surface area (Å²) in [6.07, 6.45) is 3.02. The van der Waals surface area contributed by atoms with E-state index in [1.165, 1.54) is 12.3 Å². The number of amides is 3. The van der Waals surface area contributed by atoms with Crippen molar-refractivity contribution in [1.29, 1.82) is 0 Å².